The maximum Gasteiger partial charge on any atom is 0.259 e. The summed E-state index contributed by atoms with van der Waals surface area (Å²) in [4.78, 5) is 15.5. The lowest BCUT2D eigenvalue weighted by Crippen LogP contribution is -2.15. The number of pyridine rings is 1. The predicted octanol–water partition coefficient (Wildman–Crippen LogP) is 3.47. The first-order chi connectivity index (χ1) is 8.97. The van der Waals surface area contributed by atoms with Crippen molar-refractivity contribution in [1.29, 1.82) is 0 Å². The number of hydrogen-bond acceptors (Lipinski definition) is 3. The monoisotopic (exact) mass is 343 g/mol. The van der Waals surface area contributed by atoms with Crippen LogP contribution in [-0.2, 0) is 0 Å². The van der Waals surface area contributed by atoms with E-state index in [1.807, 2.05) is 0 Å². The van der Waals surface area contributed by atoms with Crippen LogP contribution in [0, 0.1) is 5.82 Å². The Morgan fingerprint density at radius 2 is 2.16 bits per heavy atom. The number of nitrogens with two attached hydrogens (primary N) is 1. The van der Waals surface area contributed by atoms with Crippen LogP contribution in [0.15, 0.2) is 34.9 Å². The Morgan fingerprint density at radius 1 is 1.42 bits per heavy atom. The third-order valence-corrected chi connectivity index (χ3v) is 3.54. The van der Waals surface area contributed by atoms with E-state index in [2.05, 4.69) is 26.2 Å². The molecule has 0 atom stereocenters. The summed E-state index contributed by atoms with van der Waals surface area (Å²) >= 11 is 9.14. The quantitative estimate of drug-likeness (QED) is 0.876. The predicted molar refractivity (Wildman–Crippen MR) is 75.7 cm³/mol. The molecule has 1 heterocycles. The third kappa shape index (κ3) is 3.21. The minimum absolute atomic E-state index is 0.0287. The number of nitrogens with zero attached hydrogens (tertiary/aromatic N) is 1. The molecule has 1 aromatic heterocycles. The van der Waals surface area contributed by atoms with Gasteiger partial charge in [-0.2, -0.15) is 0 Å². The lowest BCUT2D eigenvalue weighted by atomic mass is 10.2. The zero-order valence-electron chi connectivity index (χ0n) is 9.45. The number of nitrogens with one attached hydrogen (secondary N) is 1. The molecule has 1 amide bonds. The van der Waals surface area contributed by atoms with Crippen LogP contribution in [0.25, 0.3) is 0 Å². The van der Waals surface area contributed by atoms with Gasteiger partial charge in [0.2, 0.25) is 0 Å². The van der Waals surface area contributed by atoms with Gasteiger partial charge in [0, 0.05) is 10.2 Å². The molecule has 0 bridgehead atoms. The normalized spacial score (nSPS) is 10.3. The maximum atomic E-state index is 13.0. The van der Waals surface area contributed by atoms with Gasteiger partial charge in [0.25, 0.3) is 5.91 Å². The summed E-state index contributed by atoms with van der Waals surface area (Å²) in [5, 5.41) is 3.01. The first-order valence-electron chi connectivity index (χ1n) is 5.15. The Morgan fingerprint density at radius 3 is 2.84 bits per heavy atom. The highest BCUT2D eigenvalue weighted by molar-refractivity contribution is 9.10. The molecule has 0 unspecified atom stereocenters. The zero-order chi connectivity index (χ0) is 14.0. The smallest absolute Gasteiger partial charge is 0.259 e. The minimum Gasteiger partial charge on any atom is -0.383 e. The average Bonchev–Trinajstić information content (AvgIpc) is 2.36. The van der Waals surface area contributed by atoms with Gasteiger partial charge in [0.15, 0.2) is 0 Å². The van der Waals surface area contributed by atoms with E-state index in [0.29, 0.717) is 15.2 Å². The van der Waals surface area contributed by atoms with E-state index >= 15 is 0 Å². The fourth-order valence-electron chi connectivity index (χ4n) is 1.40. The summed E-state index contributed by atoms with van der Waals surface area (Å²) in [5.74, 6) is -1.22. The number of anilines is 2. The van der Waals surface area contributed by atoms with Crippen LogP contribution in [0.1, 0.15) is 10.4 Å². The molecular formula is C12H8BrClFN3O. The summed E-state index contributed by atoms with van der Waals surface area (Å²) in [6.07, 6.45) is 0.947. The van der Waals surface area contributed by atoms with Crippen molar-refractivity contribution in [2.75, 3.05) is 11.1 Å². The van der Waals surface area contributed by atoms with E-state index in [1.54, 1.807) is 18.2 Å². The molecule has 0 radical (unpaired) electrons. The topological polar surface area (TPSA) is 68.0 Å². The Kier molecular flexibility index (Phi) is 4.01. The molecule has 4 nitrogen and oxygen atoms in total. The highest BCUT2D eigenvalue weighted by Gasteiger charge is 2.12. The fourth-order valence-corrected chi connectivity index (χ4v) is 1.83. The van der Waals surface area contributed by atoms with E-state index < -0.39 is 11.7 Å². The van der Waals surface area contributed by atoms with Crippen molar-refractivity contribution < 1.29 is 9.18 Å². The lowest BCUT2D eigenvalue weighted by molar-refractivity contribution is 0.102. The molecule has 0 aliphatic heterocycles. The molecule has 1 aromatic carbocycles. The van der Waals surface area contributed by atoms with Crippen molar-refractivity contribution >= 4 is 44.9 Å². The van der Waals surface area contributed by atoms with Crippen LogP contribution in [0.5, 0.6) is 0 Å². The Bertz CT molecular complexity index is 651. The van der Waals surface area contributed by atoms with E-state index in [4.69, 9.17) is 17.3 Å². The number of benzene rings is 1. The second-order valence-corrected chi connectivity index (χ2v) is 4.93. The van der Waals surface area contributed by atoms with Crippen molar-refractivity contribution in [1.82, 2.24) is 4.98 Å². The number of rotatable bonds is 2. The van der Waals surface area contributed by atoms with Crippen molar-refractivity contribution in [2.24, 2.45) is 0 Å². The summed E-state index contributed by atoms with van der Waals surface area (Å²) in [7, 11) is 0. The largest absolute Gasteiger partial charge is 0.383 e. The van der Waals surface area contributed by atoms with E-state index in [1.165, 1.54) is 0 Å². The van der Waals surface area contributed by atoms with Crippen LogP contribution in [-0.4, -0.2) is 10.9 Å². The minimum atomic E-state index is -0.631. The van der Waals surface area contributed by atoms with Crippen LogP contribution >= 0.6 is 27.5 Å². The molecule has 2 aromatic rings. The molecule has 0 saturated heterocycles. The van der Waals surface area contributed by atoms with Crippen molar-refractivity contribution in [2.45, 2.75) is 0 Å². The van der Waals surface area contributed by atoms with Gasteiger partial charge in [-0.1, -0.05) is 11.6 Å². The van der Waals surface area contributed by atoms with Gasteiger partial charge >= 0.3 is 0 Å². The van der Waals surface area contributed by atoms with Gasteiger partial charge in [-0.05, 0) is 40.2 Å². The number of aromatic nitrogens is 1. The number of carbonyl (C=O) groups is 1. The van der Waals surface area contributed by atoms with Crippen molar-refractivity contribution in [3.8, 4) is 0 Å². The second-order valence-electron chi connectivity index (χ2n) is 3.67. The molecule has 7 heteroatoms. The molecule has 2 rings (SSSR count). The molecule has 3 N–H and O–H groups in total. The number of carbonyl (C=O) groups excluding carboxylic acids is 1. The summed E-state index contributed by atoms with van der Waals surface area (Å²) in [5.41, 5.74) is 5.97. The lowest BCUT2D eigenvalue weighted by Gasteiger charge is -2.08. The van der Waals surface area contributed by atoms with E-state index in [0.717, 1.165) is 12.3 Å². The number of halogens is 3. The van der Waals surface area contributed by atoms with Crippen LogP contribution < -0.4 is 11.1 Å². The second kappa shape index (κ2) is 5.54. The Hall–Kier alpha value is -1.66. The van der Waals surface area contributed by atoms with Gasteiger partial charge in [-0.25, -0.2) is 9.37 Å². The first-order valence-corrected chi connectivity index (χ1v) is 6.32. The molecular weight excluding hydrogens is 337 g/mol. The van der Waals surface area contributed by atoms with Gasteiger partial charge in [0.1, 0.15) is 11.6 Å². The van der Waals surface area contributed by atoms with Gasteiger partial charge < -0.3 is 11.1 Å². The molecule has 19 heavy (non-hydrogen) atoms. The third-order valence-electron chi connectivity index (χ3n) is 2.31. The molecule has 98 valence electrons. The number of hydrogen-bond donors (Lipinski definition) is 2. The van der Waals surface area contributed by atoms with Gasteiger partial charge in [-0.3, -0.25) is 4.79 Å². The molecule has 0 spiro atoms. The first kappa shape index (κ1) is 13.8. The summed E-state index contributed by atoms with van der Waals surface area (Å²) < 4.78 is 13.7. The number of amides is 1. The molecule has 0 saturated carbocycles. The SMILES string of the molecule is Nc1ncc(F)cc1C(=O)Nc1ccc(Br)c(Cl)c1. The Balaban J connectivity index is 2.25. The molecule has 0 fully saturated rings. The standard InChI is InChI=1S/C12H8BrClFN3O/c13-9-2-1-7(4-10(9)14)18-12(19)8-3-6(15)5-17-11(8)16/h1-5H,(H2,16,17)(H,18,19). The Labute approximate surface area is 121 Å². The zero-order valence-corrected chi connectivity index (χ0v) is 11.8. The van der Waals surface area contributed by atoms with Crippen molar-refractivity contribution in [3.05, 3.63) is 51.3 Å². The van der Waals surface area contributed by atoms with Crippen LogP contribution in [0.4, 0.5) is 15.9 Å². The average molecular weight is 345 g/mol. The molecule has 0 aliphatic rings. The van der Waals surface area contributed by atoms with Gasteiger partial charge in [0.05, 0.1) is 16.8 Å². The van der Waals surface area contributed by atoms with Crippen LogP contribution in [0.3, 0.4) is 0 Å². The van der Waals surface area contributed by atoms with Crippen molar-refractivity contribution in [3.63, 3.8) is 0 Å². The highest BCUT2D eigenvalue weighted by Crippen LogP contribution is 2.26. The fraction of sp³-hybridized carbons (Fsp3) is 0. The molecule has 0 aliphatic carbocycles. The number of nitrogen functional groups attached to an aromatic ring is 1. The summed E-state index contributed by atoms with van der Waals surface area (Å²) in [6.45, 7) is 0. The van der Waals surface area contributed by atoms with Gasteiger partial charge in [-0.15, -0.1) is 0 Å². The summed E-state index contributed by atoms with van der Waals surface area (Å²) in [6, 6.07) is 5.92. The van der Waals surface area contributed by atoms with E-state index in [-0.39, 0.29) is 11.4 Å². The maximum absolute atomic E-state index is 13.0. The van der Waals surface area contributed by atoms with Crippen LogP contribution in [0.2, 0.25) is 5.02 Å². The highest BCUT2D eigenvalue weighted by atomic mass is 79.9. The van der Waals surface area contributed by atoms with E-state index in [9.17, 15) is 9.18 Å².